The van der Waals surface area contributed by atoms with Crippen molar-refractivity contribution >= 4 is 69.6 Å². The Kier molecular flexibility index (Phi) is 6.66. The number of imide groups is 1. The fourth-order valence-electron chi connectivity index (χ4n) is 3.49. The molecular weight excluding hydrogens is 497 g/mol. The van der Waals surface area contributed by atoms with Crippen molar-refractivity contribution in [2.45, 2.75) is 13.8 Å². The predicted octanol–water partition coefficient (Wildman–Crippen LogP) is 6.30. The maximum atomic E-state index is 13.0. The van der Waals surface area contributed by atoms with Gasteiger partial charge < -0.3 is 10.6 Å². The normalized spacial score (nSPS) is 13.5. The molecule has 0 fully saturated rings. The molecule has 4 rings (SSSR count). The number of aryl methyl sites for hydroxylation is 2. The van der Waals surface area contributed by atoms with Crippen LogP contribution >= 0.6 is 34.8 Å². The van der Waals surface area contributed by atoms with Gasteiger partial charge in [-0.15, -0.1) is 0 Å². The highest BCUT2D eigenvalue weighted by Gasteiger charge is 2.40. The molecular formula is C25H18Cl3N3O3. The summed E-state index contributed by atoms with van der Waals surface area (Å²) < 4.78 is 0. The van der Waals surface area contributed by atoms with E-state index in [-0.39, 0.29) is 32.4 Å². The number of nitrogens with one attached hydrogen (secondary N) is 2. The smallest absolute Gasteiger partial charge is 0.283 e. The molecule has 3 amide bonds. The highest BCUT2D eigenvalue weighted by atomic mass is 35.5. The lowest BCUT2D eigenvalue weighted by Crippen LogP contribution is -2.32. The van der Waals surface area contributed by atoms with Crippen molar-refractivity contribution < 1.29 is 14.4 Å². The van der Waals surface area contributed by atoms with E-state index in [9.17, 15) is 14.4 Å². The first-order valence-corrected chi connectivity index (χ1v) is 11.3. The Morgan fingerprint density at radius 2 is 1.59 bits per heavy atom. The molecule has 1 aliphatic rings. The minimum absolute atomic E-state index is 0.0655. The van der Waals surface area contributed by atoms with Gasteiger partial charge in [-0.25, -0.2) is 4.90 Å². The number of nitrogens with zero attached hydrogens (tertiary/aromatic N) is 1. The number of amides is 3. The SMILES string of the molecule is Cc1ccc(NC(=O)c2ccc(NC3=C(Cl)C(=O)N(c4cccc(Cl)c4Cl)C3=O)cc2)c(C)c1. The number of carbonyl (C=O) groups is 3. The Balaban J connectivity index is 1.50. The summed E-state index contributed by atoms with van der Waals surface area (Å²) in [4.78, 5) is 39.1. The van der Waals surface area contributed by atoms with Crippen molar-refractivity contribution in [1.29, 1.82) is 0 Å². The van der Waals surface area contributed by atoms with E-state index in [1.807, 2.05) is 32.0 Å². The summed E-state index contributed by atoms with van der Waals surface area (Å²) in [6.07, 6.45) is 0. The van der Waals surface area contributed by atoms with Gasteiger partial charge in [0.05, 0.1) is 15.7 Å². The number of anilines is 3. The summed E-state index contributed by atoms with van der Waals surface area (Å²) in [7, 11) is 0. The number of benzene rings is 3. The Morgan fingerprint density at radius 1 is 0.882 bits per heavy atom. The first-order chi connectivity index (χ1) is 16.2. The van der Waals surface area contributed by atoms with E-state index in [1.54, 1.807) is 36.4 Å². The molecule has 6 nitrogen and oxygen atoms in total. The molecule has 0 radical (unpaired) electrons. The van der Waals surface area contributed by atoms with E-state index in [0.29, 0.717) is 11.3 Å². The van der Waals surface area contributed by atoms with Gasteiger partial charge in [0.25, 0.3) is 17.7 Å². The van der Waals surface area contributed by atoms with Crippen molar-refractivity contribution in [3.8, 4) is 0 Å². The zero-order valence-electron chi connectivity index (χ0n) is 18.1. The molecule has 34 heavy (non-hydrogen) atoms. The van der Waals surface area contributed by atoms with E-state index in [2.05, 4.69) is 10.6 Å². The van der Waals surface area contributed by atoms with Crippen molar-refractivity contribution in [2.75, 3.05) is 15.5 Å². The summed E-state index contributed by atoms with van der Waals surface area (Å²) >= 11 is 18.4. The molecule has 3 aromatic rings. The summed E-state index contributed by atoms with van der Waals surface area (Å²) in [6.45, 7) is 3.91. The Bertz CT molecular complexity index is 1370. The molecule has 0 bridgehead atoms. The molecule has 0 aliphatic carbocycles. The number of rotatable bonds is 5. The van der Waals surface area contributed by atoms with Crippen LogP contribution in [0.15, 0.2) is 71.4 Å². The molecule has 9 heteroatoms. The van der Waals surface area contributed by atoms with Gasteiger partial charge >= 0.3 is 0 Å². The standard InChI is InChI=1S/C25H18Cl3N3O3/c1-13-6-11-18(14(2)12-13)30-23(32)15-7-9-16(10-8-15)29-22-21(28)24(33)31(25(22)34)19-5-3-4-17(26)20(19)27/h3-12,29H,1-2H3,(H,30,32). The lowest BCUT2D eigenvalue weighted by atomic mass is 10.1. The van der Waals surface area contributed by atoms with Crippen LogP contribution in [-0.4, -0.2) is 17.7 Å². The predicted molar refractivity (Wildman–Crippen MR) is 136 cm³/mol. The highest BCUT2D eigenvalue weighted by molar-refractivity contribution is 6.54. The minimum atomic E-state index is -0.720. The average Bonchev–Trinajstić information content (AvgIpc) is 3.01. The Morgan fingerprint density at radius 3 is 2.26 bits per heavy atom. The van der Waals surface area contributed by atoms with Crippen LogP contribution in [0.1, 0.15) is 21.5 Å². The fourth-order valence-corrected chi connectivity index (χ4v) is 4.09. The summed E-state index contributed by atoms with van der Waals surface area (Å²) in [6, 6.07) is 16.8. The number of carbonyl (C=O) groups excluding carboxylic acids is 3. The molecule has 1 heterocycles. The quantitative estimate of drug-likeness (QED) is 0.392. The second-order valence-electron chi connectivity index (χ2n) is 7.68. The van der Waals surface area contributed by atoms with Crippen LogP contribution in [0.4, 0.5) is 17.1 Å². The molecule has 0 saturated heterocycles. The second-order valence-corrected chi connectivity index (χ2v) is 8.85. The average molecular weight is 515 g/mol. The van der Waals surface area contributed by atoms with E-state index in [4.69, 9.17) is 34.8 Å². The molecule has 172 valence electrons. The summed E-state index contributed by atoms with van der Waals surface area (Å²) in [5.41, 5.74) is 3.72. The maximum Gasteiger partial charge on any atom is 0.283 e. The van der Waals surface area contributed by atoms with Crippen molar-refractivity contribution in [3.05, 3.63) is 98.1 Å². The molecule has 0 spiro atoms. The van der Waals surface area contributed by atoms with E-state index >= 15 is 0 Å². The van der Waals surface area contributed by atoms with Gasteiger partial charge in [-0.1, -0.05) is 58.6 Å². The van der Waals surface area contributed by atoms with E-state index in [0.717, 1.165) is 21.7 Å². The lowest BCUT2D eigenvalue weighted by Gasteiger charge is -2.17. The van der Waals surface area contributed by atoms with Gasteiger partial charge in [0.2, 0.25) is 0 Å². The molecule has 3 aromatic carbocycles. The van der Waals surface area contributed by atoms with Crippen molar-refractivity contribution in [3.63, 3.8) is 0 Å². The molecule has 0 aromatic heterocycles. The first kappa shape index (κ1) is 23.8. The number of hydrogen-bond donors (Lipinski definition) is 2. The molecule has 1 aliphatic heterocycles. The molecule has 0 atom stereocenters. The van der Waals surface area contributed by atoms with Crippen LogP contribution in [0.3, 0.4) is 0 Å². The zero-order valence-corrected chi connectivity index (χ0v) is 20.3. The minimum Gasteiger partial charge on any atom is -0.350 e. The van der Waals surface area contributed by atoms with Crippen LogP contribution in [-0.2, 0) is 9.59 Å². The fraction of sp³-hybridized carbons (Fsp3) is 0.0800. The first-order valence-electron chi connectivity index (χ1n) is 10.2. The van der Waals surface area contributed by atoms with Crippen molar-refractivity contribution in [2.24, 2.45) is 0 Å². The third kappa shape index (κ3) is 4.53. The van der Waals surface area contributed by atoms with Crippen molar-refractivity contribution in [1.82, 2.24) is 0 Å². The summed E-state index contributed by atoms with van der Waals surface area (Å²) in [5, 5.41) is 5.73. The third-order valence-electron chi connectivity index (χ3n) is 5.25. The van der Waals surface area contributed by atoms with Gasteiger partial charge in [-0.3, -0.25) is 14.4 Å². The highest BCUT2D eigenvalue weighted by Crippen LogP contribution is 2.37. The maximum absolute atomic E-state index is 13.0. The van der Waals surface area contributed by atoms with Crippen LogP contribution in [0.2, 0.25) is 10.0 Å². The molecule has 0 unspecified atom stereocenters. The van der Waals surface area contributed by atoms with Gasteiger partial charge in [-0.05, 0) is 61.9 Å². The largest absolute Gasteiger partial charge is 0.350 e. The van der Waals surface area contributed by atoms with E-state index < -0.39 is 11.8 Å². The monoisotopic (exact) mass is 513 g/mol. The van der Waals surface area contributed by atoms with Gasteiger partial charge in [-0.2, -0.15) is 0 Å². The number of hydrogen-bond acceptors (Lipinski definition) is 4. The molecule has 0 saturated carbocycles. The van der Waals surface area contributed by atoms with Crippen LogP contribution in [0, 0.1) is 13.8 Å². The topological polar surface area (TPSA) is 78.5 Å². The van der Waals surface area contributed by atoms with Gasteiger partial charge in [0.15, 0.2) is 0 Å². The van der Waals surface area contributed by atoms with Gasteiger partial charge in [0, 0.05) is 16.9 Å². The number of halogens is 3. The summed E-state index contributed by atoms with van der Waals surface area (Å²) in [5.74, 6) is -1.66. The van der Waals surface area contributed by atoms with Crippen LogP contribution in [0.5, 0.6) is 0 Å². The molecule has 2 N–H and O–H groups in total. The second kappa shape index (κ2) is 9.50. The van der Waals surface area contributed by atoms with Gasteiger partial charge in [0.1, 0.15) is 10.7 Å². The zero-order chi connectivity index (χ0) is 24.6. The van der Waals surface area contributed by atoms with Crippen LogP contribution in [0.25, 0.3) is 0 Å². The third-order valence-corrected chi connectivity index (χ3v) is 6.41. The van der Waals surface area contributed by atoms with Crippen LogP contribution < -0.4 is 15.5 Å². The Labute approximate surface area is 211 Å². The van der Waals surface area contributed by atoms with E-state index in [1.165, 1.54) is 6.07 Å². The lowest BCUT2D eigenvalue weighted by molar-refractivity contribution is -0.120. The Hall–Kier alpha value is -3.32.